The molecule has 0 radical (unpaired) electrons. The number of hydrogen-bond donors (Lipinski definition) is 8. The minimum atomic E-state index is -1.62. The molecule has 14 nitrogen and oxygen atoms in total. The summed E-state index contributed by atoms with van der Waals surface area (Å²) < 4.78 is 0. The molecular formula is C16H24N6O8. The topological polar surface area (TPSA) is 237 Å². The van der Waals surface area contributed by atoms with Crippen molar-refractivity contribution >= 4 is 29.7 Å². The second-order valence-corrected chi connectivity index (χ2v) is 6.33. The largest absolute Gasteiger partial charge is 0.481 e. The number of aliphatic carboxylic acids is 2. The molecule has 4 unspecified atom stereocenters. The zero-order valence-corrected chi connectivity index (χ0v) is 16.0. The van der Waals surface area contributed by atoms with Crippen LogP contribution in [0, 0.1) is 0 Å². The van der Waals surface area contributed by atoms with E-state index in [1.807, 2.05) is 0 Å². The number of carbonyl (C=O) groups is 5. The van der Waals surface area contributed by atoms with Crippen molar-refractivity contribution in [2.24, 2.45) is 5.73 Å². The van der Waals surface area contributed by atoms with Gasteiger partial charge >= 0.3 is 11.9 Å². The van der Waals surface area contributed by atoms with Gasteiger partial charge in [-0.3, -0.25) is 19.2 Å². The van der Waals surface area contributed by atoms with E-state index in [1.54, 1.807) is 0 Å². The van der Waals surface area contributed by atoms with Crippen LogP contribution in [0.5, 0.6) is 0 Å². The summed E-state index contributed by atoms with van der Waals surface area (Å²) in [6.07, 6.45) is 0.282. The van der Waals surface area contributed by atoms with Gasteiger partial charge in [-0.05, 0) is 6.92 Å². The Bertz CT molecular complexity index is 766. The number of H-pyrrole nitrogens is 1. The summed E-state index contributed by atoms with van der Waals surface area (Å²) in [6.45, 7) is 0.664. The maximum absolute atomic E-state index is 12.5. The Labute approximate surface area is 170 Å². The maximum Gasteiger partial charge on any atom is 0.326 e. The number of aliphatic hydroxyl groups excluding tert-OH is 1. The standard InChI is InChI=1S/C16H24N6O8/c1-7(23)13(22-14(27)9(3-12(25)26)20-11(24)4-17)15(28)21-10(16(29)30)2-8-5-18-6-19-8/h5-7,9-10,13,23H,2-4,17H2,1H3,(H,18,19)(H,20,24)(H,21,28)(H,22,27)(H,25,26)(H,29,30). The predicted molar refractivity (Wildman–Crippen MR) is 98.7 cm³/mol. The average Bonchev–Trinajstić information content (AvgIpc) is 3.16. The third kappa shape index (κ3) is 7.84. The fraction of sp³-hybridized carbons (Fsp3) is 0.500. The van der Waals surface area contributed by atoms with Gasteiger partial charge in [0.1, 0.15) is 18.1 Å². The van der Waals surface area contributed by atoms with Gasteiger partial charge in [-0.15, -0.1) is 0 Å². The monoisotopic (exact) mass is 428 g/mol. The molecule has 0 aliphatic heterocycles. The first kappa shape index (κ1) is 24.5. The van der Waals surface area contributed by atoms with Gasteiger partial charge < -0.3 is 42.0 Å². The number of aromatic nitrogens is 2. The highest BCUT2D eigenvalue weighted by atomic mass is 16.4. The summed E-state index contributed by atoms with van der Waals surface area (Å²) >= 11 is 0. The number of aromatic amines is 1. The number of carbonyl (C=O) groups excluding carboxylic acids is 3. The van der Waals surface area contributed by atoms with Crippen molar-refractivity contribution in [3.05, 3.63) is 18.2 Å². The average molecular weight is 428 g/mol. The van der Waals surface area contributed by atoms with E-state index in [9.17, 15) is 34.2 Å². The zero-order chi connectivity index (χ0) is 22.8. The number of nitrogens with one attached hydrogen (secondary N) is 4. The molecule has 0 fully saturated rings. The van der Waals surface area contributed by atoms with E-state index >= 15 is 0 Å². The lowest BCUT2D eigenvalue weighted by Crippen LogP contribution is -2.59. The number of carboxylic acid groups (broad SMARTS) is 2. The number of nitrogens with zero attached hydrogens (tertiary/aromatic N) is 1. The summed E-state index contributed by atoms with van der Waals surface area (Å²) in [4.78, 5) is 65.1. The van der Waals surface area contributed by atoms with E-state index in [2.05, 4.69) is 25.9 Å². The lowest BCUT2D eigenvalue weighted by Gasteiger charge is -2.25. The van der Waals surface area contributed by atoms with E-state index in [0.29, 0.717) is 5.69 Å². The Morgan fingerprint density at radius 3 is 2.23 bits per heavy atom. The van der Waals surface area contributed by atoms with E-state index in [0.717, 1.165) is 0 Å². The summed E-state index contributed by atoms with van der Waals surface area (Å²) in [5.74, 6) is -5.67. The third-order valence-electron chi connectivity index (χ3n) is 3.87. The first-order valence-corrected chi connectivity index (χ1v) is 8.75. The number of hydrogen-bond acceptors (Lipinski definition) is 8. The summed E-state index contributed by atoms with van der Waals surface area (Å²) in [7, 11) is 0. The highest BCUT2D eigenvalue weighted by Gasteiger charge is 2.33. The summed E-state index contributed by atoms with van der Waals surface area (Å²) in [5, 5.41) is 34.5. The number of amides is 3. The molecule has 1 rings (SSSR count). The number of nitrogens with two attached hydrogens (primary N) is 1. The second-order valence-electron chi connectivity index (χ2n) is 6.33. The van der Waals surface area contributed by atoms with Gasteiger partial charge in [0.15, 0.2) is 0 Å². The Kier molecular flexibility index (Phi) is 9.38. The fourth-order valence-electron chi connectivity index (χ4n) is 2.37. The van der Waals surface area contributed by atoms with Crippen molar-refractivity contribution in [1.82, 2.24) is 25.9 Å². The van der Waals surface area contributed by atoms with Crippen molar-refractivity contribution in [2.75, 3.05) is 6.54 Å². The third-order valence-corrected chi connectivity index (χ3v) is 3.87. The molecule has 0 aliphatic rings. The molecule has 1 aromatic rings. The Morgan fingerprint density at radius 2 is 1.77 bits per heavy atom. The Morgan fingerprint density at radius 1 is 1.10 bits per heavy atom. The van der Waals surface area contributed by atoms with Gasteiger partial charge in [-0.2, -0.15) is 0 Å². The van der Waals surface area contributed by atoms with Gasteiger partial charge in [-0.25, -0.2) is 9.78 Å². The van der Waals surface area contributed by atoms with Gasteiger partial charge in [0.25, 0.3) is 0 Å². The first-order valence-electron chi connectivity index (χ1n) is 8.75. The zero-order valence-electron chi connectivity index (χ0n) is 16.0. The normalized spacial score (nSPS) is 14.6. The van der Waals surface area contributed by atoms with Crippen LogP contribution in [0.25, 0.3) is 0 Å². The van der Waals surface area contributed by atoms with Crippen LogP contribution in [0.2, 0.25) is 0 Å². The highest BCUT2D eigenvalue weighted by Crippen LogP contribution is 2.03. The molecule has 0 bridgehead atoms. The summed E-state index contributed by atoms with van der Waals surface area (Å²) in [6, 6.07) is -4.58. The van der Waals surface area contributed by atoms with E-state index in [-0.39, 0.29) is 6.42 Å². The van der Waals surface area contributed by atoms with Gasteiger partial charge in [0, 0.05) is 18.3 Å². The molecule has 30 heavy (non-hydrogen) atoms. The minimum absolute atomic E-state index is 0.143. The van der Waals surface area contributed by atoms with Crippen molar-refractivity contribution in [1.29, 1.82) is 0 Å². The van der Waals surface area contributed by atoms with Crippen molar-refractivity contribution in [3.63, 3.8) is 0 Å². The predicted octanol–water partition coefficient (Wildman–Crippen LogP) is -3.69. The summed E-state index contributed by atoms with van der Waals surface area (Å²) in [5.41, 5.74) is 5.55. The van der Waals surface area contributed by atoms with Crippen LogP contribution in [0.1, 0.15) is 19.0 Å². The molecule has 1 aromatic heterocycles. The molecular weight excluding hydrogens is 404 g/mol. The molecule has 4 atom stereocenters. The van der Waals surface area contributed by atoms with E-state index in [1.165, 1.54) is 19.4 Å². The molecule has 9 N–H and O–H groups in total. The Balaban J connectivity index is 2.90. The van der Waals surface area contributed by atoms with Crippen LogP contribution in [-0.4, -0.2) is 85.7 Å². The highest BCUT2D eigenvalue weighted by molar-refractivity contribution is 5.95. The fourth-order valence-corrected chi connectivity index (χ4v) is 2.37. The van der Waals surface area contributed by atoms with Crippen LogP contribution in [-0.2, 0) is 30.4 Å². The van der Waals surface area contributed by atoms with Crippen LogP contribution in [0.15, 0.2) is 12.5 Å². The van der Waals surface area contributed by atoms with Crippen molar-refractivity contribution in [2.45, 2.75) is 44.0 Å². The number of rotatable bonds is 12. The lowest BCUT2D eigenvalue weighted by atomic mass is 10.1. The molecule has 0 saturated heterocycles. The van der Waals surface area contributed by atoms with Crippen molar-refractivity contribution in [3.8, 4) is 0 Å². The quantitative estimate of drug-likeness (QED) is 0.162. The number of aliphatic hydroxyl groups is 1. The SMILES string of the molecule is CC(O)C(NC(=O)C(CC(=O)O)NC(=O)CN)C(=O)NC(Cc1cnc[nH]1)C(=O)O. The van der Waals surface area contributed by atoms with Gasteiger partial charge in [-0.1, -0.05) is 0 Å². The van der Waals surface area contributed by atoms with Crippen LogP contribution < -0.4 is 21.7 Å². The van der Waals surface area contributed by atoms with Crippen LogP contribution in [0.4, 0.5) is 0 Å². The number of carboxylic acids is 2. The second kappa shape index (κ2) is 11.5. The van der Waals surface area contributed by atoms with Crippen LogP contribution in [0.3, 0.4) is 0 Å². The smallest absolute Gasteiger partial charge is 0.326 e. The molecule has 0 aromatic carbocycles. The maximum atomic E-state index is 12.5. The molecule has 14 heteroatoms. The molecule has 166 valence electrons. The molecule has 0 aliphatic carbocycles. The molecule has 0 saturated carbocycles. The molecule has 0 spiro atoms. The minimum Gasteiger partial charge on any atom is -0.481 e. The first-order chi connectivity index (χ1) is 14.0. The lowest BCUT2D eigenvalue weighted by molar-refractivity contribution is -0.144. The number of imidazole rings is 1. The van der Waals surface area contributed by atoms with Crippen molar-refractivity contribution < 1.29 is 39.3 Å². The molecule has 1 heterocycles. The van der Waals surface area contributed by atoms with Crippen LogP contribution >= 0.6 is 0 Å². The van der Waals surface area contributed by atoms with E-state index in [4.69, 9.17) is 10.8 Å². The van der Waals surface area contributed by atoms with Gasteiger partial charge in [0.05, 0.1) is 25.4 Å². The molecule has 3 amide bonds. The van der Waals surface area contributed by atoms with E-state index < -0.39 is 66.9 Å². The van der Waals surface area contributed by atoms with Gasteiger partial charge in [0.2, 0.25) is 17.7 Å². The Hall–Kier alpha value is -3.52.